The molecule has 0 radical (unpaired) electrons. The molecule has 1 aliphatic rings. The molecular weight excluding hydrogens is 484 g/mol. The monoisotopic (exact) mass is 516 g/mol. The molecule has 37 heavy (non-hydrogen) atoms. The summed E-state index contributed by atoms with van der Waals surface area (Å²) >= 11 is 6.02. The van der Waals surface area contributed by atoms with E-state index < -0.39 is 6.04 Å². The Balaban J connectivity index is 1.41. The molecule has 1 fully saturated rings. The highest BCUT2D eigenvalue weighted by Crippen LogP contribution is 2.29. The first kappa shape index (κ1) is 26.6. The van der Waals surface area contributed by atoms with Crippen LogP contribution in [0, 0.1) is 5.92 Å². The van der Waals surface area contributed by atoms with Gasteiger partial charge in [-0.25, -0.2) is 0 Å². The maximum atomic E-state index is 13.4. The van der Waals surface area contributed by atoms with Gasteiger partial charge in [0.05, 0.1) is 0 Å². The fourth-order valence-corrected chi connectivity index (χ4v) is 4.97. The number of hydrogen-bond donors (Lipinski definition) is 1. The molecule has 0 bridgehead atoms. The van der Waals surface area contributed by atoms with Crippen molar-refractivity contribution in [1.82, 2.24) is 10.2 Å². The summed E-state index contributed by atoms with van der Waals surface area (Å²) in [5.41, 5.74) is 4.18. The summed E-state index contributed by atoms with van der Waals surface area (Å²) in [4.78, 5) is 40.1. The molecule has 0 spiro atoms. The van der Waals surface area contributed by atoms with E-state index in [-0.39, 0.29) is 23.5 Å². The number of nitrogens with one attached hydrogen (secondary N) is 1. The second kappa shape index (κ2) is 11.7. The van der Waals surface area contributed by atoms with Gasteiger partial charge in [0.15, 0.2) is 5.78 Å². The van der Waals surface area contributed by atoms with E-state index in [1.54, 1.807) is 18.2 Å². The Morgan fingerprint density at radius 3 is 2.11 bits per heavy atom. The third kappa shape index (κ3) is 6.47. The first-order valence-electron chi connectivity index (χ1n) is 12.8. The molecule has 1 aliphatic heterocycles. The second-order valence-corrected chi connectivity index (χ2v) is 10.5. The number of carbonyl (C=O) groups is 3. The minimum absolute atomic E-state index is 0.0123. The molecule has 3 aromatic rings. The molecule has 5 nitrogen and oxygen atoms in total. The van der Waals surface area contributed by atoms with E-state index in [9.17, 15) is 14.4 Å². The maximum Gasteiger partial charge on any atom is 0.251 e. The number of nitrogens with zero attached hydrogens (tertiary/aromatic N) is 1. The number of ketones is 1. The average molecular weight is 517 g/mol. The number of halogens is 1. The van der Waals surface area contributed by atoms with Gasteiger partial charge in [-0.05, 0) is 72.6 Å². The molecule has 6 heteroatoms. The third-order valence-electron chi connectivity index (χ3n) is 7.12. The van der Waals surface area contributed by atoms with Crippen LogP contribution in [0.2, 0.25) is 5.02 Å². The van der Waals surface area contributed by atoms with E-state index in [2.05, 4.69) is 17.4 Å². The zero-order chi connectivity index (χ0) is 26.5. The fraction of sp³-hybridized carbons (Fsp3) is 0.323. The van der Waals surface area contributed by atoms with Crippen molar-refractivity contribution in [3.8, 4) is 11.1 Å². The number of benzene rings is 3. The first-order chi connectivity index (χ1) is 17.7. The molecule has 3 aromatic carbocycles. The van der Waals surface area contributed by atoms with Crippen molar-refractivity contribution in [2.24, 2.45) is 5.92 Å². The van der Waals surface area contributed by atoms with Gasteiger partial charge in [-0.1, -0.05) is 74.0 Å². The van der Waals surface area contributed by atoms with E-state index >= 15 is 0 Å². The lowest BCUT2D eigenvalue weighted by molar-refractivity contribution is -0.135. The molecule has 1 N–H and O–H groups in total. The van der Waals surface area contributed by atoms with Crippen molar-refractivity contribution in [3.63, 3.8) is 0 Å². The van der Waals surface area contributed by atoms with Gasteiger partial charge in [-0.2, -0.15) is 0 Å². The molecule has 2 amide bonds. The molecule has 192 valence electrons. The van der Waals surface area contributed by atoms with Crippen molar-refractivity contribution in [2.75, 3.05) is 13.1 Å². The topological polar surface area (TPSA) is 66.5 Å². The van der Waals surface area contributed by atoms with E-state index in [0.29, 0.717) is 30.1 Å². The molecule has 0 unspecified atom stereocenters. The summed E-state index contributed by atoms with van der Waals surface area (Å²) in [7, 11) is 0. The Kier molecular flexibility index (Phi) is 8.45. The summed E-state index contributed by atoms with van der Waals surface area (Å²) in [6.07, 6.45) is 1.77. The molecule has 0 aromatic heterocycles. The molecule has 0 saturated carbocycles. The number of amides is 2. The highest BCUT2D eigenvalue weighted by Gasteiger charge is 2.31. The Morgan fingerprint density at radius 1 is 0.865 bits per heavy atom. The van der Waals surface area contributed by atoms with Crippen LogP contribution in [-0.2, 0) is 4.79 Å². The molecule has 4 rings (SSSR count). The molecule has 0 aliphatic carbocycles. The predicted molar refractivity (Wildman–Crippen MR) is 148 cm³/mol. The predicted octanol–water partition coefficient (Wildman–Crippen LogP) is 6.37. The van der Waals surface area contributed by atoms with Gasteiger partial charge in [0.1, 0.15) is 6.04 Å². The van der Waals surface area contributed by atoms with Crippen LogP contribution < -0.4 is 5.32 Å². The summed E-state index contributed by atoms with van der Waals surface area (Å²) in [6.45, 7) is 6.77. The highest BCUT2D eigenvalue weighted by molar-refractivity contribution is 6.30. The van der Waals surface area contributed by atoms with Crippen molar-refractivity contribution in [2.45, 2.75) is 45.6 Å². The first-order valence-corrected chi connectivity index (χ1v) is 13.2. The number of carbonyl (C=O) groups excluding carboxylic acids is 3. The number of Topliss-reactive ketones (excluding diaryl/α,β-unsaturated/α-hetero) is 1. The number of hydrogen-bond acceptors (Lipinski definition) is 3. The van der Waals surface area contributed by atoms with Gasteiger partial charge in [0.2, 0.25) is 5.91 Å². The van der Waals surface area contributed by atoms with Crippen LogP contribution in [-0.4, -0.2) is 41.6 Å². The van der Waals surface area contributed by atoms with Gasteiger partial charge in [0, 0.05) is 29.2 Å². The van der Waals surface area contributed by atoms with Crippen LogP contribution in [0.25, 0.3) is 11.1 Å². The smallest absolute Gasteiger partial charge is 0.251 e. The summed E-state index contributed by atoms with van der Waals surface area (Å²) in [6, 6.07) is 22.0. The van der Waals surface area contributed by atoms with Crippen LogP contribution in [0.1, 0.15) is 65.8 Å². The average Bonchev–Trinajstić information content (AvgIpc) is 2.91. The quantitative estimate of drug-likeness (QED) is 0.371. The summed E-state index contributed by atoms with van der Waals surface area (Å²) in [5.74, 6) is 0.0610. The molecule has 1 heterocycles. The van der Waals surface area contributed by atoms with E-state index in [1.807, 2.05) is 61.2 Å². The van der Waals surface area contributed by atoms with E-state index in [0.717, 1.165) is 29.0 Å². The van der Waals surface area contributed by atoms with Crippen molar-refractivity contribution in [3.05, 3.63) is 94.5 Å². The Labute approximate surface area is 223 Å². The van der Waals surface area contributed by atoms with Gasteiger partial charge in [-0.3, -0.25) is 14.4 Å². The highest BCUT2D eigenvalue weighted by atomic mass is 35.5. The Bertz CT molecular complexity index is 1260. The minimum Gasteiger partial charge on any atom is -0.341 e. The maximum absolute atomic E-state index is 13.4. The van der Waals surface area contributed by atoms with E-state index in [4.69, 9.17) is 11.6 Å². The third-order valence-corrected chi connectivity index (χ3v) is 7.37. The standard InChI is InChI=1S/C31H33ClN2O3/c1-20(2)29(31(37)34-17-15-25(16-18-34)23-11-13-28(32)14-12-23)33-30(36)27-6-4-5-26(19-27)24-9-7-22(8-10-24)21(3)35/h4-14,19-20,25,29H,15-18H2,1-3H3,(H,33,36)/t29-/m1/s1. The number of piperidine rings is 1. The Morgan fingerprint density at radius 2 is 1.51 bits per heavy atom. The molecular formula is C31H33ClN2O3. The van der Waals surface area contributed by atoms with E-state index in [1.165, 1.54) is 12.5 Å². The van der Waals surface area contributed by atoms with Gasteiger partial charge in [-0.15, -0.1) is 0 Å². The van der Waals surface area contributed by atoms with Crippen molar-refractivity contribution >= 4 is 29.2 Å². The number of likely N-dealkylation sites (tertiary alicyclic amines) is 1. The minimum atomic E-state index is -0.599. The summed E-state index contributed by atoms with van der Waals surface area (Å²) in [5, 5.41) is 3.72. The largest absolute Gasteiger partial charge is 0.341 e. The van der Waals surface area contributed by atoms with Crippen LogP contribution in [0.5, 0.6) is 0 Å². The SMILES string of the molecule is CC(=O)c1ccc(-c2cccc(C(=O)N[C@@H](C(=O)N3CCC(c4ccc(Cl)cc4)CC3)C(C)C)c2)cc1. The lowest BCUT2D eigenvalue weighted by Gasteiger charge is -2.35. The van der Waals surface area contributed by atoms with Crippen molar-refractivity contribution < 1.29 is 14.4 Å². The lowest BCUT2D eigenvalue weighted by Crippen LogP contribution is -2.52. The zero-order valence-electron chi connectivity index (χ0n) is 21.5. The Hall–Kier alpha value is -3.44. The molecule has 1 saturated heterocycles. The zero-order valence-corrected chi connectivity index (χ0v) is 22.3. The van der Waals surface area contributed by atoms with Crippen LogP contribution in [0.4, 0.5) is 0 Å². The normalized spacial score (nSPS) is 14.9. The summed E-state index contributed by atoms with van der Waals surface area (Å²) < 4.78 is 0. The van der Waals surface area contributed by atoms with Gasteiger partial charge < -0.3 is 10.2 Å². The van der Waals surface area contributed by atoms with Gasteiger partial charge in [0.25, 0.3) is 5.91 Å². The van der Waals surface area contributed by atoms with Gasteiger partial charge >= 0.3 is 0 Å². The molecule has 1 atom stereocenters. The van der Waals surface area contributed by atoms with Crippen LogP contribution in [0.3, 0.4) is 0 Å². The lowest BCUT2D eigenvalue weighted by atomic mass is 9.89. The fourth-order valence-electron chi connectivity index (χ4n) is 4.84. The van der Waals surface area contributed by atoms with Crippen LogP contribution in [0.15, 0.2) is 72.8 Å². The number of rotatable bonds is 7. The van der Waals surface area contributed by atoms with Crippen molar-refractivity contribution in [1.29, 1.82) is 0 Å². The second-order valence-electron chi connectivity index (χ2n) is 10.1. The van der Waals surface area contributed by atoms with Crippen LogP contribution >= 0.6 is 11.6 Å².